The Morgan fingerprint density at radius 3 is 2.33 bits per heavy atom. The van der Waals surface area contributed by atoms with Crippen LogP contribution in [-0.4, -0.2) is 73.4 Å². The minimum Gasteiger partial charge on any atom is -0.497 e. The van der Waals surface area contributed by atoms with Crippen molar-refractivity contribution in [1.82, 2.24) is 9.80 Å². The molecule has 6 heteroatoms. The maximum Gasteiger partial charge on any atom is 0.338 e. The number of benzene rings is 2. The highest BCUT2D eigenvalue weighted by Crippen LogP contribution is 2.21. The maximum absolute atomic E-state index is 12.1. The Morgan fingerprint density at radius 2 is 1.70 bits per heavy atom. The standard InChI is InChI=1S/C24H32N2O4/c1-19(23(27)20-7-4-3-5-8-20)26-16-14-25(15-17-26)13-6-18-30-24(28)21-9-11-22(29-2)12-10-21/h3-5,7-12,19,23,27H,6,13-18H2,1-2H3. The third-order valence-corrected chi connectivity index (χ3v) is 5.76. The van der Waals surface area contributed by atoms with Gasteiger partial charge in [0.15, 0.2) is 0 Å². The van der Waals surface area contributed by atoms with Crippen molar-refractivity contribution in [3.8, 4) is 5.75 Å². The number of carbonyl (C=O) groups is 1. The summed E-state index contributed by atoms with van der Waals surface area (Å²) >= 11 is 0. The molecule has 2 aromatic rings. The van der Waals surface area contributed by atoms with Crippen molar-refractivity contribution in [3.63, 3.8) is 0 Å². The van der Waals surface area contributed by atoms with Crippen LogP contribution in [-0.2, 0) is 4.74 Å². The van der Waals surface area contributed by atoms with E-state index in [0.29, 0.717) is 12.2 Å². The summed E-state index contributed by atoms with van der Waals surface area (Å²) in [5.74, 6) is 0.419. The van der Waals surface area contributed by atoms with Crippen LogP contribution in [0.4, 0.5) is 0 Å². The van der Waals surface area contributed by atoms with Crippen LogP contribution < -0.4 is 4.74 Å². The number of rotatable bonds is 9. The van der Waals surface area contributed by atoms with Crippen LogP contribution >= 0.6 is 0 Å². The fourth-order valence-corrected chi connectivity index (χ4v) is 3.79. The number of aliphatic hydroxyl groups excluding tert-OH is 1. The van der Waals surface area contributed by atoms with Gasteiger partial charge in [-0.2, -0.15) is 0 Å². The molecule has 6 nitrogen and oxygen atoms in total. The largest absolute Gasteiger partial charge is 0.497 e. The number of carbonyl (C=O) groups excluding carboxylic acids is 1. The van der Waals surface area contributed by atoms with Gasteiger partial charge in [0.25, 0.3) is 0 Å². The third-order valence-electron chi connectivity index (χ3n) is 5.76. The highest BCUT2D eigenvalue weighted by Gasteiger charge is 2.26. The van der Waals surface area contributed by atoms with Gasteiger partial charge in [0.2, 0.25) is 0 Å². The maximum atomic E-state index is 12.1. The van der Waals surface area contributed by atoms with Crippen molar-refractivity contribution in [2.45, 2.75) is 25.5 Å². The lowest BCUT2D eigenvalue weighted by Gasteiger charge is -2.39. The van der Waals surface area contributed by atoms with Crippen LogP contribution in [0.1, 0.15) is 35.4 Å². The van der Waals surface area contributed by atoms with Gasteiger partial charge in [0.05, 0.1) is 25.4 Å². The molecule has 1 N–H and O–H groups in total. The van der Waals surface area contributed by atoms with Gasteiger partial charge in [-0.05, 0) is 43.2 Å². The average Bonchev–Trinajstić information content (AvgIpc) is 2.81. The quantitative estimate of drug-likeness (QED) is 0.505. The lowest BCUT2D eigenvalue weighted by Crippen LogP contribution is -2.51. The molecule has 162 valence electrons. The van der Waals surface area contributed by atoms with E-state index in [4.69, 9.17) is 9.47 Å². The van der Waals surface area contributed by atoms with E-state index in [-0.39, 0.29) is 12.0 Å². The molecule has 1 saturated heterocycles. The Labute approximate surface area is 179 Å². The molecule has 1 heterocycles. The van der Waals surface area contributed by atoms with Crippen LogP contribution in [0.5, 0.6) is 5.75 Å². The zero-order valence-corrected chi connectivity index (χ0v) is 17.9. The summed E-state index contributed by atoms with van der Waals surface area (Å²) in [6, 6.07) is 16.9. The Kier molecular flexibility index (Phi) is 8.25. The smallest absolute Gasteiger partial charge is 0.338 e. The number of piperazine rings is 1. The van der Waals surface area contributed by atoms with Gasteiger partial charge in [-0.15, -0.1) is 0 Å². The molecule has 2 aromatic carbocycles. The van der Waals surface area contributed by atoms with Gasteiger partial charge in [0.1, 0.15) is 5.75 Å². The predicted molar refractivity (Wildman–Crippen MR) is 117 cm³/mol. The molecule has 0 radical (unpaired) electrons. The Morgan fingerprint density at radius 1 is 1.03 bits per heavy atom. The molecule has 3 rings (SSSR count). The molecule has 2 unspecified atom stereocenters. The molecule has 0 bridgehead atoms. The monoisotopic (exact) mass is 412 g/mol. The summed E-state index contributed by atoms with van der Waals surface area (Å²) in [5, 5.41) is 10.6. The molecular formula is C24H32N2O4. The third kappa shape index (κ3) is 6.05. The molecular weight excluding hydrogens is 380 g/mol. The van der Waals surface area contributed by atoms with Crippen LogP contribution in [0.3, 0.4) is 0 Å². The number of hydrogen-bond donors (Lipinski definition) is 1. The first-order valence-corrected chi connectivity index (χ1v) is 10.6. The SMILES string of the molecule is COc1ccc(C(=O)OCCCN2CCN(C(C)C(O)c3ccccc3)CC2)cc1. The predicted octanol–water partition coefficient (Wildman–Crippen LogP) is 2.98. The van der Waals surface area contributed by atoms with Gasteiger partial charge in [-0.1, -0.05) is 30.3 Å². The lowest BCUT2D eigenvalue weighted by molar-refractivity contribution is 0.0235. The van der Waals surface area contributed by atoms with E-state index in [1.165, 1.54) is 0 Å². The molecule has 0 saturated carbocycles. The number of nitrogens with zero attached hydrogens (tertiary/aromatic N) is 2. The minimum absolute atomic E-state index is 0.0833. The Bertz CT molecular complexity index is 774. The Hall–Kier alpha value is -2.41. The second kappa shape index (κ2) is 11.1. The molecule has 1 fully saturated rings. The molecule has 1 aliphatic rings. The highest BCUT2D eigenvalue weighted by molar-refractivity contribution is 5.89. The molecule has 0 amide bonds. The van der Waals surface area contributed by atoms with E-state index < -0.39 is 6.10 Å². The zero-order chi connectivity index (χ0) is 21.3. The van der Waals surface area contributed by atoms with Crippen molar-refractivity contribution in [2.75, 3.05) is 46.4 Å². The molecule has 30 heavy (non-hydrogen) atoms. The molecule has 2 atom stereocenters. The number of aliphatic hydroxyl groups is 1. The number of hydrogen-bond acceptors (Lipinski definition) is 6. The zero-order valence-electron chi connectivity index (χ0n) is 17.9. The average molecular weight is 413 g/mol. The number of methoxy groups -OCH3 is 1. The molecule has 1 aliphatic heterocycles. The topological polar surface area (TPSA) is 62.2 Å². The summed E-state index contributed by atoms with van der Waals surface area (Å²) in [5.41, 5.74) is 1.50. The van der Waals surface area contributed by atoms with Crippen LogP contribution in [0.15, 0.2) is 54.6 Å². The van der Waals surface area contributed by atoms with E-state index >= 15 is 0 Å². The minimum atomic E-state index is -0.477. The van der Waals surface area contributed by atoms with Crippen molar-refractivity contribution in [1.29, 1.82) is 0 Å². The summed E-state index contributed by atoms with van der Waals surface area (Å²) in [6.07, 6.45) is 0.333. The van der Waals surface area contributed by atoms with Gasteiger partial charge >= 0.3 is 5.97 Å². The van der Waals surface area contributed by atoms with Crippen LogP contribution in [0.2, 0.25) is 0 Å². The van der Waals surface area contributed by atoms with Crippen molar-refractivity contribution >= 4 is 5.97 Å². The second-order valence-corrected chi connectivity index (χ2v) is 7.69. The number of esters is 1. The fourth-order valence-electron chi connectivity index (χ4n) is 3.79. The first-order chi connectivity index (χ1) is 14.6. The summed E-state index contributed by atoms with van der Waals surface area (Å²) < 4.78 is 10.5. The lowest BCUT2D eigenvalue weighted by atomic mass is 10.0. The summed E-state index contributed by atoms with van der Waals surface area (Å²) in [4.78, 5) is 16.8. The van der Waals surface area contributed by atoms with Crippen LogP contribution in [0.25, 0.3) is 0 Å². The van der Waals surface area contributed by atoms with Crippen molar-refractivity contribution in [2.24, 2.45) is 0 Å². The van der Waals surface area contributed by atoms with E-state index in [2.05, 4.69) is 16.7 Å². The fraction of sp³-hybridized carbons (Fsp3) is 0.458. The van der Waals surface area contributed by atoms with E-state index in [1.807, 2.05) is 30.3 Å². The van der Waals surface area contributed by atoms with Gasteiger partial charge in [0, 0.05) is 38.8 Å². The van der Waals surface area contributed by atoms with Gasteiger partial charge < -0.3 is 19.5 Å². The summed E-state index contributed by atoms with van der Waals surface area (Å²) in [6.45, 7) is 7.17. The highest BCUT2D eigenvalue weighted by atomic mass is 16.5. The first-order valence-electron chi connectivity index (χ1n) is 10.6. The van der Waals surface area contributed by atoms with Crippen molar-refractivity contribution in [3.05, 3.63) is 65.7 Å². The number of ether oxygens (including phenoxy) is 2. The van der Waals surface area contributed by atoms with Crippen LogP contribution in [0, 0.1) is 0 Å². The molecule has 0 spiro atoms. The van der Waals surface area contributed by atoms with E-state index in [0.717, 1.165) is 50.5 Å². The van der Waals surface area contributed by atoms with E-state index in [1.54, 1.807) is 31.4 Å². The van der Waals surface area contributed by atoms with Gasteiger partial charge in [-0.3, -0.25) is 4.90 Å². The first kappa shape index (κ1) is 22.3. The normalized spacial score (nSPS) is 17.3. The van der Waals surface area contributed by atoms with Crippen molar-refractivity contribution < 1.29 is 19.4 Å². The van der Waals surface area contributed by atoms with Gasteiger partial charge in [-0.25, -0.2) is 4.79 Å². The summed E-state index contributed by atoms with van der Waals surface area (Å²) in [7, 11) is 1.60. The molecule has 0 aliphatic carbocycles. The van der Waals surface area contributed by atoms with E-state index in [9.17, 15) is 9.90 Å². The second-order valence-electron chi connectivity index (χ2n) is 7.69. The Balaban J connectivity index is 1.34. The molecule has 0 aromatic heterocycles.